The van der Waals surface area contributed by atoms with E-state index in [9.17, 15) is 4.79 Å². The molecule has 0 spiro atoms. The van der Waals surface area contributed by atoms with Gasteiger partial charge in [0.15, 0.2) is 0 Å². The van der Waals surface area contributed by atoms with E-state index in [1.807, 2.05) is 35.0 Å². The second kappa shape index (κ2) is 9.73. The predicted octanol–water partition coefficient (Wildman–Crippen LogP) is 3.91. The van der Waals surface area contributed by atoms with Gasteiger partial charge in [-0.2, -0.15) is 16.9 Å². The van der Waals surface area contributed by atoms with Crippen LogP contribution in [0.2, 0.25) is 0 Å². The highest BCUT2D eigenvalue weighted by Crippen LogP contribution is 2.23. The Balaban J connectivity index is 1.88. The lowest BCUT2D eigenvalue weighted by atomic mass is 10.1. The Morgan fingerprint density at radius 2 is 2.10 bits per heavy atom. The molecule has 0 radical (unpaired) electrons. The van der Waals surface area contributed by atoms with Crippen molar-refractivity contribution in [1.29, 1.82) is 0 Å². The van der Waals surface area contributed by atoms with Gasteiger partial charge in [-0.05, 0) is 42.4 Å². The summed E-state index contributed by atoms with van der Waals surface area (Å²) in [6.07, 6.45) is 0.838. The molecular weight excluding hydrogens is 386 g/mol. The zero-order chi connectivity index (χ0) is 20.8. The second-order valence-corrected chi connectivity index (χ2v) is 8.55. The molecule has 0 fully saturated rings. The van der Waals surface area contributed by atoms with Crippen molar-refractivity contribution in [2.24, 2.45) is 5.92 Å². The SMILES string of the molecule is CCSCCNC(=O)c1cccc(-n2nc(-c3nnc(C)o3)cc2CC(C)C)c1. The van der Waals surface area contributed by atoms with Crippen LogP contribution in [-0.4, -0.2) is 43.9 Å². The maximum atomic E-state index is 12.5. The van der Waals surface area contributed by atoms with Crippen LogP contribution in [-0.2, 0) is 6.42 Å². The fourth-order valence-corrected chi connectivity index (χ4v) is 3.51. The van der Waals surface area contributed by atoms with E-state index < -0.39 is 0 Å². The zero-order valence-electron chi connectivity index (χ0n) is 17.3. The van der Waals surface area contributed by atoms with E-state index in [-0.39, 0.29) is 5.91 Å². The summed E-state index contributed by atoms with van der Waals surface area (Å²) in [5, 5.41) is 15.6. The number of aryl methyl sites for hydroxylation is 1. The van der Waals surface area contributed by atoms with E-state index in [0.29, 0.717) is 35.5 Å². The molecule has 154 valence electrons. The summed E-state index contributed by atoms with van der Waals surface area (Å²) in [4.78, 5) is 12.5. The Hall–Kier alpha value is -2.61. The van der Waals surface area contributed by atoms with E-state index in [2.05, 4.69) is 41.4 Å². The summed E-state index contributed by atoms with van der Waals surface area (Å²) < 4.78 is 7.40. The van der Waals surface area contributed by atoms with Crippen molar-refractivity contribution in [1.82, 2.24) is 25.3 Å². The molecule has 0 aliphatic rings. The molecular formula is C21H27N5O2S. The third-order valence-corrected chi connectivity index (χ3v) is 5.14. The lowest BCUT2D eigenvalue weighted by molar-refractivity contribution is 0.0956. The molecule has 1 N–H and O–H groups in total. The average Bonchev–Trinajstić information content (AvgIpc) is 3.31. The summed E-state index contributed by atoms with van der Waals surface area (Å²) in [7, 11) is 0. The molecule has 0 atom stereocenters. The number of carbonyl (C=O) groups excluding carboxylic acids is 1. The minimum absolute atomic E-state index is 0.0751. The lowest BCUT2D eigenvalue weighted by Gasteiger charge is -2.11. The Labute approximate surface area is 175 Å². The molecule has 0 aliphatic carbocycles. The third kappa shape index (κ3) is 5.47. The topological polar surface area (TPSA) is 85.8 Å². The molecule has 3 rings (SSSR count). The van der Waals surface area contributed by atoms with Gasteiger partial charge in [-0.15, -0.1) is 10.2 Å². The van der Waals surface area contributed by atoms with Crippen LogP contribution in [0.25, 0.3) is 17.3 Å². The Morgan fingerprint density at radius 1 is 1.28 bits per heavy atom. The molecule has 2 aromatic heterocycles. The van der Waals surface area contributed by atoms with Gasteiger partial charge in [-0.1, -0.05) is 26.8 Å². The van der Waals surface area contributed by atoms with Crippen LogP contribution in [0.5, 0.6) is 0 Å². The van der Waals surface area contributed by atoms with Gasteiger partial charge in [0, 0.05) is 30.5 Å². The van der Waals surface area contributed by atoms with Crippen molar-refractivity contribution in [3.8, 4) is 17.3 Å². The molecule has 1 aromatic carbocycles. The molecule has 0 unspecified atom stereocenters. The van der Waals surface area contributed by atoms with Crippen molar-refractivity contribution >= 4 is 17.7 Å². The first-order valence-electron chi connectivity index (χ1n) is 9.83. The van der Waals surface area contributed by atoms with E-state index >= 15 is 0 Å². The normalized spacial score (nSPS) is 11.2. The van der Waals surface area contributed by atoms with Gasteiger partial charge in [0.25, 0.3) is 11.8 Å². The first-order valence-corrected chi connectivity index (χ1v) is 11.0. The number of hydrogen-bond donors (Lipinski definition) is 1. The van der Waals surface area contributed by atoms with E-state index in [0.717, 1.165) is 29.3 Å². The van der Waals surface area contributed by atoms with Crippen LogP contribution in [0, 0.1) is 12.8 Å². The van der Waals surface area contributed by atoms with Crippen molar-refractivity contribution in [2.75, 3.05) is 18.1 Å². The monoisotopic (exact) mass is 413 g/mol. The summed E-state index contributed by atoms with van der Waals surface area (Å²) >= 11 is 1.81. The number of nitrogens with one attached hydrogen (secondary N) is 1. The van der Waals surface area contributed by atoms with Gasteiger partial charge in [0.1, 0.15) is 5.69 Å². The largest absolute Gasteiger partial charge is 0.420 e. The molecule has 1 amide bonds. The van der Waals surface area contributed by atoms with Gasteiger partial charge in [-0.3, -0.25) is 4.79 Å². The highest BCUT2D eigenvalue weighted by atomic mass is 32.2. The zero-order valence-corrected chi connectivity index (χ0v) is 18.1. The van der Waals surface area contributed by atoms with Crippen LogP contribution < -0.4 is 5.32 Å². The second-order valence-electron chi connectivity index (χ2n) is 7.16. The van der Waals surface area contributed by atoms with E-state index in [1.54, 1.807) is 18.7 Å². The van der Waals surface area contributed by atoms with Gasteiger partial charge in [0.05, 0.1) is 5.69 Å². The van der Waals surface area contributed by atoms with Gasteiger partial charge in [0.2, 0.25) is 5.89 Å². The molecule has 0 saturated heterocycles. The number of amides is 1. The number of thioether (sulfide) groups is 1. The van der Waals surface area contributed by atoms with Crippen LogP contribution in [0.1, 0.15) is 42.7 Å². The first kappa shape index (κ1) is 21.1. The molecule has 0 saturated carbocycles. The van der Waals surface area contributed by atoms with Crippen molar-refractivity contribution in [3.05, 3.63) is 47.5 Å². The third-order valence-electron chi connectivity index (χ3n) is 4.23. The van der Waals surface area contributed by atoms with Gasteiger partial charge in [-0.25, -0.2) is 4.68 Å². The molecule has 8 heteroatoms. The Kier molecular flexibility index (Phi) is 7.09. The molecule has 0 aliphatic heterocycles. The first-order chi connectivity index (χ1) is 14.0. The highest BCUT2D eigenvalue weighted by Gasteiger charge is 2.17. The van der Waals surface area contributed by atoms with E-state index in [1.165, 1.54) is 0 Å². The standard InChI is InChI=1S/C21H27N5O2S/c1-5-29-10-9-22-20(27)16-7-6-8-17(12-16)26-18(11-14(2)3)13-19(25-26)21-24-23-15(4)28-21/h6-8,12-14H,5,9-11H2,1-4H3,(H,22,27). The molecule has 0 bridgehead atoms. The minimum atomic E-state index is -0.0751. The van der Waals surface area contributed by atoms with Gasteiger partial charge < -0.3 is 9.73 Å². The predicted molar refractivity (Wildman–Crippen MR) is 115 cm³/mol. The van der Waals surface area contributed by atoms with Crippen molar-refractivity contribution < 1.29 is 9.21 Å². The molecule has 7 nitrogen and oxygen atoms in total. The smallest absolute Gasteiger partial charge is 0.268 e. The number of nitrogens with zero attached hydrogens (tertiary/aromatic N) is 4. The fraction of sp³-hybridized carbons (Fsp3) is 0.429. The maximum absolute atomic E-state index is 12.5. The minimum Gasteiger partial charge on any atom is -0.420 e. The van der Waals surface area contributed by atoms with Crippen molar-refractivity contribution in [2.45, 2.75) is 34.1 Å². The van der Waals surface area contributed by atoms with Crippen LogP contribution in [0.4, 0.5) is 0 Å². The lowest BCUT2D eigenvalue weighted by Crippen LogP contribution is -2.25. The highest BCUT2D eigenvalue weighted by molar-refractivity contribution is 7.99. The fourth-order valence-electron chi connectivity index (χ4n) is 2.97. The van der Waals surface area contributed by atoms with Crippen molar-refractivity contribution in [3.63, 3.8) is 0 Å². The van der Waals surface area contributed by atoms with Crippen LogP contribution >= 0.6 is 11.8 Å². The molecule has 3 aromatic rings. The number of benzene rings is 1. The Morgan fingerprint density at radius 3 is 2.79 bits per heavy atom. The van der Waals surface area contributed by atoms with Crippen LogP contribution in [0.3, 0.4) is 0 Å². The van der Waals surface area contributed by atoms with Crippen LogP contribution in [0.15, 0.2) is 34.7 Å². The maximum Gasteiger partial charge on any atom is 0.268 e. The number of rotatable bonds is 9. The molecule has 29 heavy (non-hydrogen) atoms. The number of carbonyl (C=O) groups is 1. The summed E-state index contributed by atoms with van der Waals surface area (Å²) in [5.41, 5.74) is 3.11. The van der Waals surface area contributed by atoms with Gasteiger partial charge >= 0.3 is 0 Å². The summed E-state index contributed by atoms with van der Waals surface area (Å²) in [5.74, 6) is 3.23. The number of hydrogen-bond acceptors (Lipinski definition) is 6. The Bertz CT molecular complexity index is 964. The quantitative estimate of drug-likeness (QED) is 0.535. The average molecular weight is 414 g/mol. The molecule has 2 heterocycles. The summed E-state index contributed by atoms with van der Waals surface area (Å²) in [6, 6.07) is 9.48. The van der Waals surface area contributed by atoms with E-state index in [4.69, 9.17) is 4.42 Å². The summed E-state index contributed by atoms with van der Waals surface area (Å²) in [6.45, 7) is 8.84. The number of aromatic nitrogens is 4.